The molecule has 0 spiro atoms. The molecule has 1 aliphatic carbocycles. The maximum absolute atomic E-state index is 12.8. The normalized spacial score (nSPS) is 18.6. The summed E-state index contributed by atoms with van der Waals surface area (Å²) in [6.07, 6.45) is 4.99. The molecule has 2 N–H and O–H groups in total. The second-order valence-electron chi connectivity index (χ2n) is 6.37. The van der Waals surface area contributed by atoms with Crippen LogP contribution in [0.1, 0.15) is 12.8 Å². The standard InChI is InChI=1S/C21H21BrN2O3/c1-27-17-6-4-5-16(13-17)24-21(26)19-8-3-2-7-18(19)20(25)23-15-11-9-14(22)10-12-15/h2-6,9-13,18-19H,7-8H2,1H3,(H,23,25)(H,24,26). The first kappa shape index (κ1) is 19.2. The zero-order valence-electron chi connectivity index (χ0n) is 14.9. The Labute approximate surface area is 166 Å². The number of carbonyl (C=O) groups is 2. The minimum Gasteiger partial charge on any atom is -0.497 e. The van der Waals surface area contributed by atoms with Crippen LogP contribution in [-0.2, 0) is 9.59 Å². The van der Waals surface area contributed by atoms with Crippen molar-refractivity contribution in [1.29, 1.82) is 0 Å². The number of anilines is 2. The molecular weight excluding hydrogens is 408 g/mol. The third-order valence-corrected chi connectivity index (χ3v) is 5.08. The number of methoxy groups -OCH3 is 1. The topological polar surface area (TPSA) is 67.4 Å². The largest absolute Gasteiger partial charge is 0.497 e. The summed E-state index contributed by atoms with van der Waals surface area (Å²) >= 11 is 3.37. The number of benzene rings is 2. The van der Waals surface area contributed by atoms with E-state index >= 15 is 0 Å². The number of nitrogens with one attached hydrogen (secondary N) is 2. The maximum atomic E-state index is 12.8. The highest BCUT2D eigenvalue weighted by Crippen LogP contribution is 2.29. The number of hydrogen-bond donors (Lipinski definition) is 2. The predicted molar refractivity (Wildman–Crippen MR) is 110 cm³/mol. The summed E-state index contributed by atoms with van der Waals surface area (Å²) in [5, 5.41) is 5.82. The van der Waals surface area contributed by atoms with Crippen LogP contribution in [0.15, 0.2) is 65.2 Å². The first-order valence-corrected chi connectivity index (χ1v) is 9.52. The predicted octanol–water partition coefficient (Wildman–Crippen LogP) is 4.62. The van der Waals surface area contributed by atoms with Crippen LogP contribution in [-0.4, -0.2) is 18.9 Å². The lowest BCUT2D eigenvalue weighted by Gasteiger charge is -2.26. The minimum absolute atomic E-state index is 0.146. The summed E-state index contributed by atoms with van der Waals surface area (Å²) in [5.74, 6) is -0.474. The Morgan fingerprint density at radius 1 is 0.926 bits per heavy atom. The molecule has 0 radical (unpaired) electrons. The molecule has 2 aromatic rings. The van der Waals surface area contributed by atoms with Crippen molar-refractivity contribution in [2.45, 2.75) is 12.8 Å². The fourth-order valence-electron chi connectivity index (χ4n) is 3.10. The van der Waals surface area contributed by atoms with E-state index in [1.54, 1.807) is 19.2 Å². The van der Waals surface area contributed by atoms with Gasteiger partial charge in [-0.25, -0.2) is 0 Å². The molecular formula is C21H21BrN2O3. The lowest BCUT2D eigenvalue weighted by Crippen LogP contribution is -2.37. The molecule has 2 unspecified atom stereocenters. The summed E-state index contributed by atoms with van der Waals surface area (Å²) in [5.41, 5.74) is 1.37. The lowest BCUT2D eigenvalue weighted by atomic mass is 9.81. The van der Waals surface area contributed by atoms with Gasteiger partial charge in [-0.1, -0.05) is 34.1 Å². The molecule has 5 nitrogen and oxygen atoms in total. The van der Waals surface area contributed by atoms with Crippen LogP contribution in [0.2, 0.25) is 0 Å². The van der Waals surface area contributed by atoms with E-state index in [-0.39, 0.29) is 11.8 Å². The number of rotatable bonds is 5. The van der Waals surface area contributed by atoms with Crippen LogP contribution in [0.4, 0.5) is 11.4 Å². The van der Waals surface area contributed by atoms with Crippen LogP contribution < -0.4 is 15.4 Å². The third kappa shape index (κ3) is 4.98. The van der Waals surface area contributed by atoms with E-state index in [2.05, 4.69) is 26.6 Å². The molecule has 2 aromatic carbocycles. The first-order chi connectivity index (χ1) is 13.1. The van der Waals surface area contributed by atoms with Crippen molar-refractivity contribution in [2.75, 3.05) is 17.7 Å². The van der Waals surface area contributed by atoms with Gasteiger partial charge in [0.2, 0.25) is 11.8 Å². The number of allylic oxidation sites excluding steroid dienone is 2. The average molecular weight is 429 g/mol. The molecule has 0 saturated carbocycles. The summed E-state index contributed by atoms with van der Waals surface area (Å²) in [4.78, 5) is 25.6. The van der Waals surface area contributed by atoms with Gasteiger partial charge in [0.1, 0.15) is 5.75 Å². The lowest BCUT2D eigenvalue weighted by molar-refractivity contribution is -0.129. The molecule has 0 aromatic heterocycles. The number of carbonyl (C=O) groups excluding carboxylic acids is 2. The Morgan fingerprint density at radius 3 is 2.11 bits per heavy atom. The molecule has 140 valence electrons. The van der Waals surface area contributed by atoms with Crippen molar-refractivity contribution in [3.63, 3.8) is 0 Å². The van der Waals surface area contributed by atoms with Gasteiger partial charge in [-0.05, 0) is 49.2 Å². The van der Waals surface area contributed by atoms with E-state index in [1.807, 2.05) is 48.6 Å². The molecule has 2 atom stereocenters. The van der Waals surface area contributed by atoms with Crippen LogP contribution >= 0.6 is 15.9 Å². The summed E-state index contributed by atoms with van der Waals surface area (Å²) < 4.78 is 6.13. The fraction of sp³-hybridized carbons (Fsp3) is 0.238. The molecule has 27 heavy (non-hydrogen) atoms. The second-order valence-corrected chi connectivity index (χ2v) is 7.29. The van der Waals surface area contributed by atoms with E-state index in [0.717, 1.165) is 4.47 Å². The van der Waals surface area contributed by atoms with E-state index in [9.17, 15) is 9.59 Å². The average Bonchev–Trinajstić information content (AvgIpc) is 2.69. The molecule has 2 amide bonds. The summed E-state index contributed by atoms with van der Waals surface area (Å²) in [7, 11) is 1.58. The summed E-state index contributed by atoms with van der Waals surface area (Å²) in [6, 6.07) is 14.6. The minimum atomic E-state index is -0.420. The number of ether oxygens (including phenoxy) is 1. The molecule has 6 heteroatoms. The highest BCUT2D eigenvalue weighted by molar-refractivity contribution is 9.10. The fourth-order valence-corrected chi connectivity index (χ4v) is 3.36. The zero-order valence-corrected chi connectivity index (χ0v) is 16.5. The maximum Gasteiger partial charge on any atom is 0.228 e. The van der Waals surface area contributed by atoms with Crippen molar-refractivity contribution in [2.24, 2.45) is 11.8 Å². The van der Waals surface area contributed by atoms with E-state index in [4.69, 9.17) is 4.74 Å². The van der Waals surface area contributed by atoms with Crippen LogP contribution in [0.25, 0.3) is 0 Å². The molecule has 0 heterocycles. The van der Waals surface area contributed by atoms with Crippen molar-refractivity contribution in [3.8, 4) is 5.75 Å². The van der Waals surface area contributed by atoms with Gasteiger partial charge in [-0.15, -0.1) is 0 Å². The number of amides is 2. The van der Waals surface area contributed by atoms with Gasteiger partial charge < -0.3 is 15.4 Å². The van der Waals surface area contributed by atoms with Gasteiger partial charge in [0.25, 0.3) is 0 Å². The van der Waals surface area contributed by atoms with Crippen molar-refractivity contribution in [3.05, 3.63) is 65.2 Å². The van der Waals surface area contributed by atoms with Gasteiger partial charge in [0, 0.05) is 21.9 Å². The smallest absolute Gasteiger partial charge is 0.228 e. The number of halogens is 1. The zero-order chi connectivity index (χ0) is 19.2. The Bertz CT molecular complexity index is 849. The molecule has 0 aliphatic heterocycles. The van der Waals surface area contributed by atoms with E-state index in [0.29, 0.717) is 30.0 Å². The monoisotopic (exact) mass is 428 g/mol. The Balaban J connectivity index is 1.70. The summed E-state index contributed by atoms with van der Waals surface area (Å²) in [6.45, 7) is 0. The van der Waals surface area contributed by atoms with Crippen molar-refractivity contribution in [1.82, 2.24) is 0 Å². The van der Waals surface area contributed by atoms with Crippen LogP contribution in [0.3, 0.4) is 0 Å². The Morgan fingerprint density at radius 2 is 1.52 bits per heavy atom. The van der Waals surface area contributed by atoms with Gasteiger partial charge in [0.05, 0.1) is 18.9 Å². The Hall–Kier alpha value is -2.60. The molecule has 0 bridgehead atoms. The molecule has 1 aliphatic rings. The van der Waals surface area contributed by atoms with E-state index < -0.39 is 11.8 Å². The molecule has 0 saturated heterocycles. The van der Waals surface area contributed by atoms with Crippen LogP contribution in [0, 0.1) is 11.8 Å². The second kappa shape index (κ2) is 8.86. The first-order valence-electron chi connectivity index (χ1n) is 8.73. The highest BCUT2D eigenvalue weighted by Gasteiger charge is 2.34. The van der Waals surface area contributed by atoms with Gasteiger partial charge in [0.15, 0.2) is 0 Å². The molecule has 0 fully saturated rings. The van der Waals surface area contributed by atoms with Crippen molar-refractivity contribution < 1.29 is 14.3 Å². The van der Waals surface area contributed by atoms with Crippen molar-refractivity contribution >= 4 is 39.1 Å². The SMILES string of the molecule is COc1cccc(NC(=O)C2CC=CCC2C(=O)Nc2ccc(Br)cc2)c1. The Kier molecular flexibility index (Phi) is 6.29. The van der Waals surface area contributed by atoms with Crippen LogP contribution in [0.5, 0.6) is 5.75 Å². The third-order valence-electron chi connectivity index (χ3n) is 4.55. The number of hydrogen-bond acceptors (Lipinski definition) is 3. The quantitative estimate of drug-likeness (QED) is 0.682. The van der Waals surface area contributed by atoms with Gasteiger partial charge >= 0.3 is 0 Å². The van der Waals surface area contributed by atoms with E-state index in [1.165, 1.54) is 0 Å². The molecule has 3 rings (SSSR count). The van der Waals surface area contributed by atoms with Gasteiger partial charge in [-0.2, -0.15) is 0 Å². The highest BCUT2D eigenvalue weighted by atomic mass is 79.9. The van der Waals surface area contributed by atoms with Gasteiger partial charge in [-0.3, -0.25) is 9.59 Å².